The van der Waals surface area contributed by atoms with Crippen LogP contribution in [0.4, 0.5) is 5.69 Å². The molecule has 0 fully saturated rings. The molecule has 0 N–H and O–H groups in total. The summed E-state index contributed by atoms with van der Waals surface area (Å²) in [6.45, 7) is 5.84. The van der Waals surface area contributed by atoms with Gasteiger partial charge in [0.15, 0.2) is 5.69 Å². The zero-order chi connectivity index (χ0) is 22.0. The minimum Gasteiger partial charge on any atom is -0.447 e. The van der Waals surface area contributed by atoms with Crippen LogP contribution in [0.3, 0.4) is 0 Å². The molecule has 4 rings (SSSR count). The zero-order valence-electron chi connectivity index (χ0n) is 17.9. The van der Waals surface area contributed by atoms with Crippen LogP contribution in [0.15, 0.2) is 58.6 Å². The molecular weight excluding hydrogens is 428 g/mol. The van der Waals surface area contributed by atoms with Crippen molar-refractivity contribution in [3.8, 4) is 17.1 Å². The van der Waals surface area contributed by atoms with Crippen molar-refractivity contribution in [3.05, 3.63) is 54.1 Å². The smallest absolute Gasteiger partial charge is 0.247 e. The lowest BCUT2D eigenvalue weighted by atomic mass is 10.1. The molecule has 1 amide bonds. The van der Waals surface area contributed by atoms with Gasteiger partial charge in [-0.3, -0.25) is 9.69 Å². The number of ether oxygens (including phenoxy) is 1. The third-order valence-electron chi connectivity index (χ3n) is 4.80. The number of benzene rings is 2. The molecule has 2 aromatic carbocycles. The van der Waals surface area contributed by atoms with E-state index in [0.717, 1.165) is 27.5 Å². The normalized spacial score (nSPS) is 15.1. The number of amides is 1. The van der Waals surface area contributed by atoms with Gasteiger partial charge in [-0.25, -0.2) is 0 Å². The van der Waals surface area contributed by atoms with E-state index in [1.165, 1.54) is 0 Å². The van der Waals surface area contributed by atoms with Gasteiger partial charge in [0, 0.05) is 28.7 Å². The Morgan fingerprint density at radius 2 is 1.87 bits per heavy atom. The van der Waals surface area contributed by atoms with E-state index in [1.807, 2.05) is 54.8 Å². The highest BCUT2D eigenvalue weighted by Crippen LogP contribution is 2.43. The summed E-state index contributed by atoms with van der Waals surface area (Å²) in [5.74, 6) is 1.65. The molecular formula is C23H24N4O2S2. The highest BCUT2D eigenvalue weighted by Gasteiger charge is 2.34. The molecule has 2 heterocycles. The van der Waals surface area contributed by atoms with Gasteiger partial charge in [-0.05, 0) is 30.4 Å². The quantitative estimate of drug-likeness (QED) is 0.477. The second kappa shape index (κ2) is 9.28. The first kappa shape index (κ1) is 21.6. The minimum atomic E-state index is -0.657. The predicted octanol–water partition coefficient (Wildman–Crippen LogP) is 5.45. The van der Waals surface area contributed by atoms with E-state index >= 15 is 0 Å². The molecule has 0 bridgehead atoms. The molecule has 3 aromatic rings. The number of aromatic nitrogens is 3. The number of anilines is 1. The number of nitrogens with zero attached hydrogens (tertiary/aromatic N) is 4. The molecule has 31 heavy (non-hydrogen) atoms. The van der Waals surface area contributed by atoms with Crippen LogP contribution in [0, 0.1) is 5.92 Å². The number of hydrogen-bond donors (Lipinski definition) is 0. The lowest BCUT2D eigenvalue weighted by molar-refractivity contribution is -0.118. The fraction of sp³-hybridized carbons (Fsp3) is 0.304. The van der Waals surface area contributed by atoms with Gasteiger partial charge in [0.05, 0.1) is 5.69 Å². The van der Waals surface area contributed by atoms with Gasteiger partial charge in [0.2, 0.25) is 23.2 Å². The lowest BCUT2D eigenvalue weighted by Gasteiger charge is -2.30. The Morgan fingerprint density at radius 3 is 2.55 bits per heavy atom. The van der Waals surface area contributed by atoms with E-state index in [1.54, 1.807) is 35.3 Å². The lowest BCUT2D eigenvalue weighted by Crippen LogP contribution is -2.36. The fourth-order valence-electron chi connectivity index (χ4n) is 3.34. The molecule has 0 radical (unpaired) electrons. The largest absolute Gasteiger partial charge is 0.447 e. The molecule has 0 aliphatic carbocycles. The Labute approximate surface area is 190 Å². The third-order valence-corrected chi connectivity index (χ3v) is 6.81. The summed E-state index contributed by atoms with van der Waals surface area (Å²) in [6, 6.07) is 15.7. The average molecular weight is 453 g/mol. The van der Waals surface area contributed by atoms with E-state index < -0.39 is 6.23 Å². The van der Waals surface area contributed by atoms with Crippen molar-refractivity contribution < 1.29 is 9.53 Å². The van der Waals surface area contributed by atoms with Crippen molar-refractivity contribution in [2.75, 3.05) is 16.9 Å². The van der Waals surface area contributed by atoms with Gasteiger partial charge in [0.25, 0.3) is 0 Å². The second-order valence-electron chi connectivity index (χ2n) is 7.60. The third kappa shape index (κ3) is 4.55. The van der Waals surface area contributed by atoms with Crippen LogP contribution < -0.4 is 9.64 Å². The van der Waals surface area contributed by atoms with Crippen molar-refractivity contribution in [2.24, 2.45) is 5.92 Å². The van der Waals surface area contributed by atoms with Crippen molar-refractivity contribution in [2.45, 2.75) is 37.1 Å². The molecule has 0 spiro atoms. The maximum Gasteiger partial charge on any atom is 0.247 e. The van der Waals surface area contributed by atoms with E-state index in [9.17, 15) is 4.79 Å². The maximum absolute atomic E-state index is 12.8. The first-order valence-electron chi connectivity index (χ1n) is 10.0. The van der Waals surface area contributed by atoms with Gasteiger partial charge in [-0.15, -0.1) is 22.0 Å². The van der Waals surface area contributed by atoms with Gasteiger partial charge < -0.3 is 4.74 Å². The standard InChI is InChI=1S/C23H24N4O2S2/c1-14(2)13-31-23-24-21-20(25-26-23)18-7-5-6-8-19(18)27(15(3)28)22(29-21)16-9-11-17(30-4)12-10-16/h5-12,14,22H,13H2,1-4H3/t22-/m0/s1. The summed E-state index contributed by atoms with van der Waals surface area (Å²) >= 11 is 3.22. The highest BCUT2D eigenvalue weighted by atomic mass is 32.2. The molecule has 1 aromatic heterocycles. The molecule has 8 heteroatoms. The molecule has 6 nitrogen and oxygen atoms in total. The first-order valence-corrected chi connectivity index (χ1v) is 12.3. The summed E-state index contributed by atoms with van der Waals surface area (Å²) in [5.41, 5.74) is 2.91. The SMILES string of the molecule is CSc1ccc([C@@H]2Oc3nc(SCC(C)C)nnc3-c3ccccc3N2C(C)=O)cc1. The fourth-order valence-corrected chi connectivity index (χ4v) is 4.48. The summed E-state index contributed by atoms with van der Waals surface area (Å²) < 4.78 is 6.39. The number of hydrogen-bond acceptors (Lipinski definition) is 7. The van der Waals surface area contributed by atoms with Gasteiger partial charge in [0.1, 0.15) is 0 Å². The van der Waals surface area contributed by atoms with Crippen LogP contribution in [0.2, 0.25) is 0 Å². The van der Waals surface area contributed by atoms with Crippen molar-refractivity contribution in [1.29, 1.82) is 0 Å². The highest BCUT2D eigenvalue weighted by molar-refractivity contribution is 7.99. The topological polar surface area (TPSA) is 68.2 Å². The summed E-state index contributed by atoms with van der Waals surface area (Å²) in [7, 11) is 0. The van der Waals surface area contributed by atoms with Crippen LogP contribution in [0.5, 0.6) is 5.88 Å². The molecule has 160 valence electrons. The summed E-state index contributed by atoms with van der Waals surface area (Å²) in [5, 5.41) is 9.33. The Balaban J connectivity index is 1.85. The Hall–Kier alpha value is -2.58. The summed E-state index contributed by atoms with van der Waals surface area (Å²) in [6.07, 6.45) is 1.38. The number of para-hydroxylation sites is 1. The van der Waals surface area contributed by atoms with Gasteiger partial charge in [-0.1, -0.05) is 55.9 Å². The monoisotopic (exact) mass is 452 g/mol. The van der Waals surface area contributed by atoms with Crippen molar-refractivity contribution >= 4 is 35.1 Å². The van der Waals surface area contributed by atoms with Gasteiger partial charge in [-0.2, -0.15) is 4.98 Å². The predicted molar refractivity (Wildman–Crippen MR) is 126 cm³/mol. The number of carbonyl (C=O) groups is 1. The number of rotatable bonds is 5. The maximum atomic E-state index is 12.8. The van der Waals surface area contributed by atoms with Gasteiger partial charge >= 0.3 is 0 Å². The Bertz CT molecular complexity index is 1090. The molecule has 1 atom stereocenters. The second-order valence-corrected chi connectivity index (χ2v) is 9.47. The average Bonchev–Trinajstić information content (AvgIpc) is 2.92. The van der Waals surface area contributed by atoms with Crippen LogP contribution in [0.25, 0.3) is 11.3 Å². The molecule has 0 saturated carbocycles. The number of thioether (sulfide) groups is 2. The van der Waals surface area contributed by atoms with Crippen LogP contribution in [-0.4, -0.2) is 33.1 Å². The molecule has 1 aliphatic rings. The van der Waals surface area contributed by atoms with Crippen LogP contribution >= 0.6 is 23.5 Å². The van der Waals surface area contributed by atoms with E-state index in [0.29, 0.717) is 22.6 Å². The van der Waals surface area contributed by atoms with E-state index in [2.05, 4.69) is 29.0 Å². The van der Waals surface area contributed by atoms with Crippen molar-refractivity contribution in [3.63, 3.8) is 0 Å². The van der Waals surface area contributed by atoms with E-state index in [-0.39, 0.29) is 5.91 Å². The first-order chi connectivity index (χ1) is 15.0. The van der Waals surface area contributed by atoms with E-state index in [4.69, 9.17) is 4.74 Å². The number of fused-ring (bicyclic) bond motifs is 3. The van der Waals surface area contributed by atoms with Crippen molar-refractivity contribution in [1.82, 2.24) is 15.2 Å². The minimum absolute atomic E-state index is 0.124. The van der Waals surface area contributed by atoms with Crippen LogP contribution in [-0.2, 0) is 4.79 Å². The molecule has 1 aliphatic heterocycles. The zero-order valence-corrected chi connectivity index (χ0v) is 19.5. The molecule has 0 unspecified atom stereocenters. The Morgan fingerprint density at radius 1 is 1.13 bits per heavy atom. The molecule has 0 saturated heterocycles. The number of carbonyl (C=O) groups excluding carboxylic acids is 1. The summed E-state index contributed by atoms with van der Waals surface area (Å²) in [4.78, 5) is 20.3. The van der Waals surface area contributed by atoms with Crippen LogP contribution in [0.1, 0.15) is 32.6 Å². The Kier molecular flexibility index (Phi) is 6.48.